The highest BCUT2D eigenvalue weighted by Crippen LogP contribution is 2.43. The van der Waals surface area contributed by atoms with Crippen molar-refractivity contribution in [2.24, 2.45) is 11.3 Å². The molecule has 0 saturated carbocycles. The van der Waals surface area contributed by atoms with Crippen LogP contribution >= 0.6 is 0 Å². The second-order valence-electron chi connectivity index (χ2n) is 13.8. The van der Waals surface area contributed by atoms with E-state index in [2.05, 4.69) is 61.1 Å². The number of nitrogens with zero attached hydrogens (tertiary/aromatic N) is 4. The van der Waals surface area contributed by atoms with Gasteiger partial charge in [-0.05, 0) is 157 Å². The van der Waals surface area contributed by atoms with E-state index in [1.165, 1.54) is 110 Å². The topological polar surface area (TPSA) is 13.0 Å². The van der Waals surface area contributed by atoms with Crippen LogP contribution in [0.3, 0.4) is 0 Å². The van der Waals surface area contributed by atoms with E-state index in [-0.39, 0.29) is 0 Å². The Morgan fingerprint density at radius 1 is 0.594 bits per heavy atom. The quantitative estimate of drug-likeness (QED) is 0.609. The van der Waals surface area contributed by atoms with Gasteiger partial charge in [0.05, 0.1) is 0 Å². The molecular formula is C28H54N4. The average Bonchev–Trinajstić information content (AvgIpc) is 2.74. The summed E-state index contributed by atoms with van der Waals surface area (Å²) in [5.41, 5.74) is 1.36. The minimum atomic E-state index is 0.347. The fourth-order valence-electron chi connectivity index (χ4n) is 7.13. The number of hydrogen-bond acceptors (Lipinski definition) is 4. The van der Waals surface area contributed by atoms with E-state index in [9.17, 15) is 0 Å². The largest absolute Gasteiger partial charge is 0.303 e. The lowest BCUT2D eigenvalue weighted by molar-refractivity contribution is -0.0143. The smallest absolute Gasteiger partial charge is 0.0125 e. The van der Waals surface area contributed by atoms with Gasteiger partial charge in [-0.1, -0.05) is 0 Å². The summed E-state index contributed by atoms with van der Waals surface area (Å²) in [6.45, 7) is 26.3. The summed E-state index contributed by atoms with van der Waals surface area (Å²) in [7, 11) is 0. The molecule has 0 aromatic heterocycles. The van der Waals surface area contributed by atoms with Gasteiger partial charge in [-0.25, -0.2) is 0 Å². The number of likely N-dealkylation sites (tertiary alicyclic amines) is 4. The second kappa shape index (κ2) is 9.84. The molecule has 0 aliphatic carbocycles. The molecule has 4 heteroatoms. The van der Waals surface area contributed by atoms with Crippen molar-refractivity contribution in [3.63, 3.8) is 0 Å². The summed E-state index contributed by atoms with van der Waals surface area (Å²) in [5.74, 6) is 0.930. The van der Waals surface area contributed by atoms with Crippen molar-refractivity contribution in [2.45, 2.75) is 110 Å². The Morgan fingerprint density at radius 3 is 1.56 bits per heavy atom. The molecule has 0 aromatic carbocycles. The summed E-state index contributed by atoms with van der Waals surface area (Å²) in [4.78, 5) is 11.1. The molecule has 0 N–H and O–H groups in total. The molecule has 4 rings (SSSR count). The lowest BCUT2D eigenvalue weighted by atomic mass is 9.70. The van der Waals surface area contributed by atoms with Crippen LogP contribution in [0.5, 0.6) is 0 Å². The predicted molar refractivity (Wildman–Crippen MR) is 137 cm³/mol. The van der Waals surface area contributed by atoms with Crippen LogP contribution in [-0.2, 0) is 0 Å². The van der Waals surface area contributed by atoms with Gasteiger partial charge in [-0.15, -0.1) is 0 Å². The first-order valence-corrected chi connectivity index (χ1v) is 14.0. The highest BCUT2D eigenvalue weighted by atomic mass is 15.2. The van der Waals surface area contributed by atoms with Gasteiger partial charge < -0.3 is 9.80 Å². The zero-order valence-electron chi connectivity index (χ0n) is 22.5. The summed E-state index contributed by atoms with van der Waals surface area (Å²) in [5, 5.41) is 0. The third-order valence-corrected chi connectivity index (χ3v) is 9.78. The molecule has 4 aliphatic rings. The van der Waals surface area contributed by atoms with E-state index < -0.39 is 0 Å². The first-order chi connectivity index (χ1) is 15.0. The third kappa shape index (κ3) is 6.09. The van der Waals surface area contributed by atoms with Crippen LogP contribution in [0.1, 0.15) is 92.9 Å². The molecule has 0 amide bonds. The van der Waals surface area contributed by atoms with Crippen LogP contribution < -0.4 is 0 Å². The second-order valence-corrected chi connectivity index (χ2v) is 13.8. The first-order valence-electron chi connectivity index (χ1n) is 14.0. The van der Waals surface area contributed by atoms with E-state index in [0.717, 1.165) is 12.0 Å². The standard InChI is InChI=1S/C28H54N4/c1-26(2,3)31-17-7-24(8-18-31)23-29-15-9-25(10-16-29)30-19-11-28(12-20-30)13-21-32(22-14-28)27(4,5)6/h24-25H,7-23H2,1-6H3. The number of hydrogen-bond donors (Lipinski definition) is 0. The van der Waals surface area contributed by atoms with Crippen molar-refractivity contribution in [2.75, 3.05) is 58.9 Å². The van der Waals surface area contributed by atoms with Crippen LogP contribution in [0, 0.1) is 11.3 Å². The van der Waals surface area contributed by atoms with Crippen molar-refractivity contribution < 1.29 is 0 Å². The number of rotatable bonds is 3. The van der Waals surface area contributed by atoms with E-state index in [1.54, 1.807) is 0 Å². The van der Waals surface area contributed by atoms with Gasteiger partial charge in [0.25, 0.3) is 0 Å². The molecular weight excluding hydrogens is 392 g/mol. The predicted octanol–water partition coefficient (Wildman–Crippen LogP) is 4.94. The highest BCUT2D eigenvalue weighted by molar-refractivity contribution is 4.95. The molecule has 4 saturated heterocycles. The van der Waals surface area contributed by atoms with Crippen molar-refractivity contribution >= 4 is 0 Å². The Morgan fingerprint density at radius 2 is 1.06 bits per heavy atom. The SMILES string of the molecule is CC(C)(C)N1CCC(CN2CCC(N3CCC4(CC3)CCN(C(C)(C)C)CC4)CC2)CC1. The molecule has 1 spiro atoms. The van der Waals surface area contributed by atoms with Crippen molar-refractivity contribution in [1.82, 2.24) is 19.6 Å². The molecule has 0 bridgehead atoms. The Kier molecular flexibility index (Phi) is 7.67. The van der Waals surface area contributed by atoms with E-state index in [0.29, 0.717) is 16.5 Å². The Labute approximate surface area is 200 Å². The minimum Gasteiger partial charge on any atom is -0.303 e. The third-order valence-electron chi connectivity index (χ3n) is 9.78. The van der Waals surface area contributed by atoms with E-state index >= 15 is 0 Å². The minimum absolute atomic E-state index is 0.347. The lowest BCUT2D eigenvalue weighted by Crippen LogP contribution is -2.54. The zero-order valence-corrected chi connectivity index (χ0v) is 22.5. The van der Waals surface area contributed by atoms with Crippen molar-refractivity contribution in [3.05, 3.63) is 0 Å². The molecule has 4 fully saturated rings. The van der Waals surface area contributed by atoms with E-state index in [1.807, 2.05) is 0 Å². The van der Waals surface area contributed by atoms with Gasteiger partial charge in [-0.2, -0.15) is 0 Å². The lowest BCUT2D eigenvalue weighted by Gasteiger charge is -2.51. The van der Waals surface area contributed by atoms with Crippen LogP contribution in [0.4, 0.5) is 0 Å². The molecule has 0 unspecified atom stereocenters. The average molecular weight is 447 g/mol. The normalized spacial score (nSPS) is 29.1. The summed E-state index contributed by atoms with van der Waals surface area (Å²) >= 11 is 0. The van der Waals surface area contributed by atoms with Crippen molar-refractivity contribution in [3.8, 4) is 0 Å². The van der Waals surface area contributed by atoms with Gasteiger partial charge in [0.15, 0.2) is 0 Å². The van der Waals surface area contributed by atoms with Gasteiger partial charge in [0.1, 0.15) is 0 Å². The molecule has 4 heterocycles. The van der Waals surface area contributed by atoms with Gasteiger partial charge in [-0.3, -0.25) is 9.80 Å². The van der Waals surface area contributed by atoms with Crippen LogP contribution in [0.2, 0.25) is 0 Å². The van der Waals surface area contributed by atoms with E-state index in [4.69, 9.17) is 0 Å². The van der Waals surface area contributed by atoms with Gasteiger partial charge >= 0.3 is 0 Å². The maximum atomic E-state index is 2.89. The Balaban J connectivity index is 1.15. The van der Waals surface area contributed by atoms with Crippen LogP contribution in [0.15, 0.2) is 0 Å². The van der Waals surface area contributed by atoms with Gasteiger partial charge in [0.2, 0.25) is 0 Å². The molecule has 4 nitrogen and oxygen atoms in total. The summed E-state index contributed by atoms with van der Waals surface area (Å²) in [6.07, 6.45) is 11.4. The summed E-state index contributed by atoms with van der Waals surface area (Å²) in [6, 6.07) is 0.862. The first kappa shape index (κ1) is 24.9. The Hall–Kier alpha value is -0.160. The summed E-state index contributed by atoms with van der Waals surface area (Å²) < 4.78 is 0. The molecule has 32 heavy (non-hydrogen) atoms. The molecule has 0 atom stereocenters. The zero-order chi connectivity index (χ0) is 23.0. The molecule has 4 aliphatic heterocycles. The van der Waals surface area contributed by atoms with Crippen molar-refractivity contribution in [1.29, 1.82) is 0 Å². The number of piperidine rings is 4. The maximum Gasteiger partial charge on any atom is 0.0125 e. The highest BCUT2D eigenvalue weighted by Gasteiger charge is 2.41. The molecule has 0 aromatic rings. The maximum absolute atomic E-state index is 2.89. The van der Waals surface area contributed by atoms with Gasteiger partial charge in [0, 0.05) is 23.7 Å². The fourth-order valence-corrected chi connectivity index (χ4v) is 7.13. The molecule has 0 radical (unpaired) electrons. The monoisotopic (exact) mass is 446 g/mol. The molecule has 186 valence electrons. The Bertz CT molecular complexity index is 570. The fraction of sp³-hybridized carbons (Fsp3) is 1.00. The van der Waals surface area contributed by atoms with Crippen LogP contribution in [-0.4, -0.2) is 95.6 Å². The van der Waals surface area contributed by atoms with Crippen LogP contribution in [0.25, 0.3) is 0 Å².